The molecule has 13 heavy (non-hydrogen) atoms. The SMILES string of the molecule is CC1CCN(CCCCBr)C(C)C1. The normalized spacial score (nSPS) is 30.7. The van der Waals surface area contributed by atoms with Gasteiger partial charge in [-0.2, -0.15) is 0 Å². The van der Waals surface area contributed by atoms with Crippen molar-refractivity contribution >= 4 is 15.9 Å². The van der Waals surface area contributed by atoms with Crippen LogP contribution in [0.2, 0.25) is 0 Å². The zero-order valence-electron chi connectivity index (χ0n) is 8.93. The monoisotopic (exact) mass is 247 g/mol. The van der Waals surface area contributed by atoms with Crippen LogP contribution in [0.3, 0.4) is 0 Å². The summed E-state index contributed by atoms with van der Waals surface area (Å²) >= 11 is 3.48. The quantitative estimate of drug-likeness (QED) is 0.545. The first-order valence-corrected chi connectivity index (χ1v) is 6.66. The van der Waals surface area contributed by atoms with Crippen molar-refractivity contribution in [1.82, 2.24) is 4.90 Å². The molecule has 0 saturated carbocycles. The van der Waals surface area contributed by atoms with Crippen molar-refractivity contribution in [2.45, 2.75) is 45.6 Å². The molecule has 0 aromatic rings. The Morgan fingerprint density at radius 2 is 2.08 bits per heavy atom. The highest BCUT2D eigenvalue weighted by atomic mass is 79.9. The van der Waals surface area contributed by atoms with Crippen LogP contribution in [0.25, 0.3) is 0 Å². The standard InChI is InChI=1S/C11H22BrN/c1-10-5-8-13(11(2)9-10)7-4-3-6-12/h10-11H,3-9H2,1-2H3. The Labute approximate surface area is 91.0 Å². The third-order valence-electron chi connectivity index (χ3n) is 3.10. The van der Waals surface area contributed by atoms with Gasteiger partial charge in [0.2, 0.25) is 0 Å². The third kappa shape index (κ3) is 3.99. The van der Waals surface area contributed by atoms with Crippen LogP contribution in [0.5, 0.6) is 0 Å². The van der Waals surface area contributed by atoms with Gasteiger partial charge < -0.3 is 4.90 Å². The van der Waals surface area contributed by atoms with Gasteiger partial charge in [0, 0.05) is 11.4 Å². The molecule has 0 amide bonds. The lowest BCUT2D eigenvalue weighted by atomic mass is 9.93. The molecule has 0 spiro atoms. The Kier molecular flexibility index (Phi) is 5.34. The molecule has 78 valence electrons. The van der Waals surface area contributed by atoms with E-state index in [2.05, 4.69) is 34.7 Å². The Hall–Kier alpha value is 0.440. The van der Waals surface area contributed by atoms with Crippen molar-refractivity contribution in [3.63, 3.8) is 0 Å². The van der Waals surface area contributed by atoms with Gasteiger partial charge in [-0.05, 0) is 51.6 Å². The third-order valence-corrected chi connectivity index (χ3v) is 3.67. The summed E-state index contributed by atoms with van der Waals surface area (Å²) in [4.78, 5) is 2.66. The fraction of sp³-hybridized carbons (Fsp3) is 1.00. The molecule has 2 unspecified atom stereocenters. The Bertz CT molecular complexity index is 138. The predicted octanol–water partition coefficient (Wildman–Crippen LogP) is 3.28. The van der Waals surface area contributed by atoms with Crippen molar-refractivity contribution in [3.05, 3.63) is 0 Å². The van der Waals surface area contributed by atoms with Crippen molar-refractivity contribution in [1.29, 1.82) is 0 Å². The molecule has 1 fully saturated rings. The molecular weight excluding hydrogens is 226 g/mol. The number of hydrogen-bond donors (Lipinski definition) is 0. The molecule has 0 bridgehead atoms. The molecule has 1 saturated heterocycles. The van der Waals surface area contributed by atoms with Crippen LogP contribution < -0.4 is 0 Å². The number of alkyl halides is 1. The van der Waals surface area contributed by atoms with Crippen LogP contribution >= 0.6 is 15.9 Å². The molecule has 2 atom stereocenters. The Morgan fingerprint density at radius 3 is 2.69 bits per heavy atom. The number of halogens is 1. The van der Waals surface area contributed by atoms with E-state index in [4.69, 9.17) is 0 Å². The van der Waals surface area contributed by atoms with Gasteiger partial charge in [-0.25, -0.2) is 0 Å². The molecule has 1 aliphatic heterocycles. The van der Waals surface area contributed by atoms with Crippen LogP contribution in [-0.4, -0.2) is 29.4 Å². The number of nitrogens with zero attached hydrogens (tertiary/aromatic N) is 1. The molecule has 1 rings (SSSR count). The smallest absolute Gasteiger partial charge is 0.00694 e. The molecule has 0 radical (unpaired) electrons. The summed E-state index contributed by atoms with van der Waals surface area (Å²) in [7, 11) is 0. The lowest BCUT2D eigenvalue weighted by molar-refractivity contribution is 0.128. The summed E-state index contributed by atoms with van der Waals surface area (Å²) in [6, 6.07) is 0.819. The molecular formula is C11H22BrN. The first-order chi connectivity index (χ1) is 6.24. The van der Waals surface area contributed by atoms with Gasteiger partial charge in [0.25, 0.3) is 0 Å². The van der Waals surface area contributed by atoms with Crippen molar-refractivity contribution in [2.24, 2.45) is 5.92 Å². The van der Waals surface area contributed by atoms with E-state index < -0.39 is 0 Å². The van der Waals surface area contributed by atoms with E-state index in [1.54, 1.807) is 0 Å². The van der Waals surface area contributed by atoms with Gasteiger partial charge in [-0.3, -0.25) is 0 Å². The lowest BCUT2D eigenvalue weighted by Gasteiger charge is -2.36. The van der Waals surface area contributed by atoms with Crippen LogP contribution in [0, 0.1) is 5.92 Å². The summed E-state index contributed by atoms with van der Waals surface area (Å²) in [6.07, 6.45) is 5.47. The van der Waals surface area contributed by atoms with E-state index in [-0.39, 0.29) is 0 Å². The largest absolute Gasteiger partial charge is 0.301 e. The zero-order valence-corrected chi connectivity index (χ0v) is 10.5. The molecule has 0 aliphatic carbocycles. The molecule has 2 heteroatoms. The van der Waals surface area contributed by atoms with E-state index in [1.165, 1.54) is 38.8 Å². The summed E-state index contributed by atoms with van der Waals surface area (Å²) < 4.78 is 0. The van der Waals surface area contributed by atoms with Gasteiger partial charge in [-0.1, -0.05) is 22.9 Å². The fourth-order valence-electron chi connectivity index (χ4n) is 2.20. The number of piperidine rings is 1. The second kappa shape index (κ2) is 6.02. The average molecular weight is 248 g/mol. The minimum Gasteiger partial charge on any atom is -0.301 e. The maximum atomic E-state index is 3.48. The van der Waals surface area contributed by atoms with Crippen LogP contribution in [-0.2, 0) is 0 Å². The van der Waals surface area contributed by atoms with Gasteiger partial charge in [-0.15, -0.1) is 0 Å². The molecule has 1 heterocycles. The molecule has 0 aromatic heterocycles. The second-order valence-electron chi connectivity index (χ2n) is 4.41. The lowest BCUT2D eigenvalue weighted by Crippen LogP contribution is -2.40. The van der Waals surface area contributed by atoms with E-state index in [0.29, 0.717) is 0 Å². The predicted molar refractivity (Wildman–Crippen MR) is 62.5 cm³/mol. The number of rotatable bonds is 4. The van der Waals surface area contributed by atoms with Crippen molar-refractivity contribution in [2.75, 3.05) is 18.4 Å². The highest BCUT2D eigenvalue weighted by Crippen LogP contribution is 2.22. The summed E-state index contributed by atoms with van der Waals surface area (Å²) in [5.41, 5.74) is 0. The van der Waals surface area contributed by atoms with E-state index in [0.717, 1.165) is 17.3 Å². The van der Waals surface area contributed by atoms with E-state index >= 15 is 0 Å². The van der Waals surface area contributed by atoms with Crippen molar-refractivity contribution < 1.29 is 0 Å². The van der Waals surface area contributed by atoms with Crippen LogP contribution in [0.1, 0.15) is 39.5 Å². The maximum Gasteiger partial charge on any atom is 0.00694 e. The van der Waals surface area contributed by atoms with Gasteiger partial charge in [0.15, 0.2) is 0 Å². The summed E-state index contributed by atoms with van der Waals surface area (Å²) in [5, 5.41) is 1.16. The molecule has 1 nitrogen and oxygen atoms in total. The number of hydrogen-bond acceptors (Lipinski definition) is 1. The number of likely N-dealkylation sites (tertiary alicyclic amines) is 1. The Balaban J connectivity index is 2.18. The minimum absolute atomic E-state index is 0.819. The zero-order chi connectivity index (χ0) is 9.68. The molecule has 0 N–H and O–H groups in total. The van der Waals surface area contributed by atoms with Gasteiger partial charge in [0.1, 0.15) is 0 Å². The molecule has 1 aliphatic rings. The number of unbranched alkanes of at least 4 members (excludes halogenated alkanes) is 1. The van der Waals surface area contributed by atoms with Crippen LogP contribution in [0.4, 0.5) is 0 Å². The highest BCUT2D eigenvalue weighted by molar-refractivity contribution is 9.09. The molecule has 0 aromatic carbocycles. The summed E-state index contributed by atoms with van der Waals surface area (Å²) in [6.45, 7) is 7.39. The Morgan fingerprint density at radius 1 is 1.31 bits per heavy atom. The topological polar surface area (TPSA) is 3.24 Å². The van der Waals surface area contributed by atoms with Gasteiger partial charge in [0.05, 0.1) is 0 Å². The maximum absolute atomic E-state index is 3.48. The van der Waals surface area contributed by atoms with E-state index in [1.807, 2.05) is 0 Å². The van der Waals surface area contributed by atoms with Crippen molar-refractivity contribution in [3.8, 4) is 0 Å². The van der Waals surface area contributed by atoms with E-state index in [9.17, 15) is 0 Å². The fourth-order valence-corrected chi connectivity index (χ4v) is 2.59. The summed E-state index contributed by atoms with van der Waals surface area (Å²) in [5.74, 6) is 0.947. The average Bonchev–Trinajstić information content (AvgIpc) is 2.09. The first-order valence-electron chi connectivity index (χ1n) is 5.54. The highest BCUT2D eigenvalue weighted by Gasteiger charge is 2.21. The second-order valence-corrected chi connectivity index (χ2v) is 5.20. The first kappa shape index (κ1) is 11.5. The minimum atomic E-state index is 0.819. The van der Waals surface area contributed by atoms with Gasteiger partial charge >= 0.3 is 0 Å². The van der Waals surface area contributed by atoms with Crippen LogP contribution in [0.15, 0.2) is 0 Å².